The van der Waals surface area contributed by atoms with Crippen LogP contribution in [0.2, 0.25) is 0 Å². The molecular weight excluding hydrogens is 320 g/mol. The molecule has 4 rings (SSSR count). The van der Waals surface area contributed by atoms with Crippen LogP contribution in [-0.4, -0.2) is 34.3 Å². The number of nitrogens with one attached hydrogen (secondary N) is 1. The van der Waals surface area contributed by atoms with E-state index in [0.29, 0.717) is 0 Å². The average Bonchev–Trinajstić information content (AvgIpc) is 2.64. The van der Waals surface area contributed by atoms with Crippen molar-refractivity contribution < 1.29 is 0 Å². The smallest absolute Gasteiger partial charge is 0.153 e. The van der Waals surface area contributed by atoms with Crippen LogP contribution in [0.15, 0.2) is 71.0 Å². The maximum Gasteiger partial charge on any atom is 0.153 e. The number of pyridine rings is 1. The van der Waals surface area contributed by atoms with E-state index in [1.165, 1.54) is 11.1 Å². The molecule has 2 aliphatic rings. The topological polar surface area (TPSA) is 40.5 Å². The van der Waals surface area contributed by atoms with Gasteiger partial charge in [0.2, 0.25) is 0 Å². The number of nitrogens with zero attached hydrogens (tertiary/aromatic N) is 3. The number of aromatic nitrogens is 1. The van der Waals surface area contributed by atoms with Crippen molar-refractivity contribution >= 4 is 17.4 Å². The molecule has 3 heterocycles. The summed E-state index contributed by atoms with van der Waals surface area (Å²) >= 11 is 6.60. The van der Waals surface area contributed by atoms with E-state index in [4.69, 9.17) is 16.6 Å². The van der Waals surface area contributed by atoms with Gasteiger partial charge >= 0.3 is 0 Å². The zero-order valence-electron chi connectivity index (χ0n) is 13.3. The summed E-state index contributed by atoms with van der Waals surface area (Å²) in [5.41, 5.74) is 4.22. The van der Waals surface area contributed by atoms with Gasteiger partial charge in [0.05, 0.1) is 0 Å². The standard InChI is InChI=1S/C19H19ClN4/c20-18-15-13-24(12-14-6-2-1-3-7-14)11-9-16(15)22-19(23-18)17-8-4-5-10-21-17/h1-8,10,18H,9,11-13H2,(H,22,23). The number of hydrogen-bond donors (Lipinski definition) is 1. The Morgan fingerprint density at radius 3 is 2.75 bits per heavy atom. The van der Waals surface area contributed by atoms with E-state index in [2.05, 4.69) is 39.5 Å². The normalized spacial score (nSPS) is 21.0. The Kier molecular flexibility index (Phi) is 4.32. The van der Waals surface area contributed by atoms with E-state index >= 15 is 0 Å². The molecule has 0 spiro atoms. The quantitative estimate of drug-likeness (QED) is 0.690. The highest BCUT2D eigenvalue weighted by Gasteiger charge is 2.28. The second kappa shape index (κ2) is 6.75. The molecule has 122 valence electrons. The molecule has 2 aliphatic heterocycles. The Balaban J connectivity index is 1.54. The molecule has 24 heavy (non-hydrogen) atoms. The van der Waals surface area contributed by atoms with Crippen molar-refractivity contribution in [3.8, 4) is 0 Å². The van der Waals surface area contributed by atoms with Gasteiger partial charge in [-0.25, -0.2) is 4.99 Å². The van der Waals surface area contributed by atoms with Gasteiger partial charge in [0, 0.05) is 43.5 Å². The molecule has 0 bridgehead atoms. The van der Waals surface area contributed by atoms with Gasteiger partial charge in [-0.05, 0) is 17.7 Å². The van der Waals surface area contributed by atoms with Crippen LogP contribution in [0.4, 0.5) is 0 Å². The first kappa shape index (κ1) is 15.4. The summed E-state index contributed by atoms with van der Waals surface area (Å²) in [5, 5.41) is 3.28. The van der Waals surface area contributed by atoms with E-state index in [9.17, 15) is 0 Å². The van der Waals surface area contributed by atoms with Crippen LogP contribution in [0.5, 0.6) is 0 Å². The fourth-order valence-electron chi connectivity index (χ4n) is 3.17. The van der Waals surface area contributed by atoms with E-state index in [1.807, 2.05) is 24.3 Å². The number of hydrogen-bond acceptors (Lipinski definition) is 4. The minimum atomic E-state index is -0.229. The van der Waals surface area contributed by atoms with Crippen molar-refractivity contribution in [3.05, 3.63) is 77.3 Å². The molecule has 5 heteroatoms. The van der Waals surface area contributed by atoms with Gasteiger partial charge in [-0.2, -0.15) is 0 Å². The Hall–Kier alpha value is -2.17. The number of aliphatic imine (C=N–C) groups is 1. The molecule has 1 unspecified atom stereocenters. The van der Waals surface area contributed by atoms with Crippen LogP contribution < -0.4 is 5.32 Å². The largest absolute Gasteiger partial charge is 0.349 e. The molecule has 1 aromatic heterocycles. The number of amidine groups is 1. The zero-order chi connectivity index (χ0) is 16.4. The van der Waals surface area contributed by atoms with Crippen LogP contribution in [0.3, 0.4) is 0 Å². The summed E-state index contributed by atoms with van der Waals surface area (Å²) in [4.78, 5) is 11.6. The first-order chi connectivity index (χ1) is 11.8. The van der Waals surface area contributed by atoms with Gasteiger partial charge in [0.25, 0.3) is 0 Å². The molecule has 1 aromatic carbocycles. The monoisotopic (exact) mass is 338 g/mol. The molecule has 0 aliphatic carbocycles. The lowest BCUT2D eigenvalue weighted by molar-refractivity contribution is 0.271. The minimum absolute atomic E-state index is 0.229. The van der Waals surface area contributed by atoms with Crippen LogP contribution in [0.25, 0.3) is 0 Å². The highest BCUT2D eigenvalue weighted by Crippen LogP contribution is 2.28. The van der Waals surface area contributed by atoms with Gasteiger partial charge in [-0.1, -0.05) is 48.0 Å². The van der Waals surface area contributed by atoms with Gasteiger partial charge in [-0.15, -0.1) is 0 Å². The van der Waals surface area contributed by atoms with Crippen molar-refractivity contribution in [2.45, 2.75) is 18.5 Å². The summed E-state index contributed by atoms with van der Waals surface area (Å²) in [5.74, 6) is 0.769. The van der Waals surface area contributed by atoms with Gasteiger partial charge in [0.15, 0.2) is 5.84 Å². The molecule has 1 N–H and O–H groups in total. The molecule has 0 saturated carbocycles. The summed E-state index contributed by atoms with van der Waals surface area (Å²) in [6.45, 7) is 2.79. The number of benzene rings is 1. The van der Waals surface area contributed by atoms with Gasteiger partial charge < -0.3 is 5.32 Å². The molecular formula is C19H19ClN4. The maximum absolute atomic E-state index is 6.60. The number of rotatable bonds is 3. The van der Waals surface area contributed by atoms with Crippen molar-refractivity contribution in [1.29, 1.82) is 0 Å². The molecule has 2 aromatic rings. The Morgan fingerprint density at radius 1 is 1.12 bits per heavy atom. The molecule has 1 atom stereocenters. The second-order valence-corrected chi connectivity index (χ2v) is 6.54. The molecule has 0 fully saturated rings. The average molecular weight is 339 g/mol. The maximum atomic E-state index is 6.60. The number of alkyl halides is 1. The van der Waals surface area contributed by atoms with Crippen molar-refractivity contribution in [1.82, 2.24) is 15.2 Å². The Morgan fingerprint density at radius 2 is 1.96 bits per heavy atom. The molecule has 0 saturated heterocycles. The van der Waals surface area contributed by atoms with Crippen molar-refractivity contribution in [3.63, 3.8) is 0 Å². The summed E-state index contributed by atoms with van der Waals surface area (Å²) in [6.07, 6.45) is 2.69. The van der Waals surface area contributed by atoms with Crippen molar-refractivity contribution in [2.24, 2.45) is 4.99 Å². The molecule has 0 amide bonds. The Bertz CT molecular complexity index is 770. The van der Waals surface area contributed by atoms with Gasteiger partial charge in [0.1, 0.15) is 11.2 Å². The third kappa shape index (κ3) is 3.21. The summed E-state index contributed by atoms with van der Waals surface area (Å²) in [7, 11) is 0. The summed E-state index contributed by atoms with van der Waals surface area (Å²) in [6, 6.07) is 16.4. The van der Waals surface area contributed by atoms with E-state index < -0.39 is 0 Å². The number of halogens is 1. The zero-order valence-corrected chi connectivity index (χ0v) is 14.1. The fraction of sp³-hybridized carbons (Fsp3) is 0.263. The third-order valence-electron chi connectivity index (χ3n) is 4.40. The van der Waals surface area contributed by atoms with Crippen molar-refractivity contribution in [2.75, 3.05) is 13.1 Å². The van der Waals surface area contributed by atoms with Crippen LogP contribution in [0, 0.1) is 0 Å². The van der Waals surface area contributed by atoms with Crippen LogP contribution in [-0.2, 0) is 6.54 Å². The first-order valence-corrected chi connectivity index (χ1v) is 8.62. The lowest BCUT2D eigenvalue weighted by atomic mass is 10.0. The van der Waals surface area contributed by atoms with Gasteiger partial charge in [-0.3, -0.25) is 9.88 Å². The van der Waals surface area contributed by atoms with Crippen LogP contribution in [0.1, 0.15) is 17.7 Å². The predicted octanol–water partition coefficient (Wildman–Crippen LogP) is 3.16. The predicted molar refractivity (Wildman–Crippen MR) is 96.9 cm³/mol. The third-order valence-corrected chi connectivity index (χ3v) is 4.77. The highest BCUT2D eigenvalue weighted by atomic mass is 35.5. The minimum Gasteiger partial charge on any atom is -0.349 e. The van der Waals surface area contributed by atoms with E-state index in [-0.39, 0.29) is 5.50 Å². The Labute approximate surface area is 146 Å². The lowest BCUT2D eigenvalue weighted by Gasteiger charge is -2.34. The highest BCUT2D eigenvalue weighted by molar-refractivity contribution is 6.24. The lowest BCUT2D eigenvalue weighted by Crippen LogP contribution is -2.43. The second-order valence-electron chi connectivity index (χ2n) is 6.10. The van der Waals surface area contributed by atoms with Crippen LogP contribution >= 0.6 is 11.6 Å². The molecule has 0 radical (unpaired) electrons. The SMILES string of the molecule is ClC1NC(c2ccccn2)=NC2=C1CN(Cc1ccccc1)CC2. The first-order valence-electron chi connectivity index (χ1n) is 8.18. The summed E-state index contributed by atoms with van der Waals surface area (Å²) < 4.78 is 0. The van der Waals surface area contributed by atoms with E-state index in [0.717, 1.165) is 43.3 Å². The molecule has 4 nitrogen and oxygen atoms in total. The van der Waals surface area contributed by atoms with E-state index in [1.54, 1.807) is 6.20 Å². The fourth-order valence-corrected chi connectivity index (χ4v) is 3.47.